The summed E-state index contributed by atoms with van der Waals surface area (Å²) < 4.78 is 7.45. The lowest BCUT2D eigenvalue weighted by atomic mass is 10.1. The zero-order valence-corrected chi connectivity index (χ0v) is 23.5. The zero-order chi connectivity index (χ0) is 29.3. The highest BCUT2D eigenvalue weighted by Gasteiger charge is 2.22. The van der Waals surface area contributed by atoms with Crippen molar-refractivity contribution in [2.24, 2.45) is 5.10 Å². The fourth-order valence-electron chi connectivity index (χ4n) is 4.73. The molecule has 5 aromatic rings. The molecule has 0 aliphatic heterocycles. The number of ether oxygens (including phenoxy) is 1. The number of alkyl carbamates (subject to hydrolysis) is 1. The number of amides is 2. The van der Waals surface area contributed by atoms with Crippen molar-refractivity contribution in [3.8, 4) is 16.8 Å². The summed E-state index contributed by atoms with van der Waals surface area (Å²) in [6.45, 7) is 4.12. The van der Waals surface area contributed by atoms with Crippen molar-refractivity contribution in [2.45, 2.75) is 32.9 Å². The first-order valence-corrected chi connectivity index (χ1v) is 13.6. The van der Waals surface area contributed by atoms with E-state index in [1.165, 1.54) is 11.9 Å². The van der Waals surface area contributed by atoms with E-state index in [-0.39, 0.29) is 13.0 Å². The summed E-state index contributed by atoms with van der Waals surface area (Å²) in [5, 5.41) is 6.84. The van der Waals surface area contributed by atoms with E-state index in [4.69, 9.17) is 4.74 Å². The van der Waals surface area contributed by atoms with Crippen molar-refractivity contribution in [2.75, 3.05) is 0 Å². The number of aromatic amines is 1. The highest BCUT2D eigenvalue weighted by Crippen LogP contribution is 2.24. The first-order valence-electron chi connectivity index (χ1n) is 13.6. The Hall–Kier alpha value is -5.44. The highest BCUT2D eigenvalue weighted by molar-refractivity contribution is 5.88. The van der Waals surface area contributed by atoms with Crippen LogP contribution in [-0.4, -0.2) is 38.8 Å². The van der Waals surface area contributed by atoms with Gasteiger partial charge in [0.15, 0.2) is 0 Å². The summed E-state index contributed by atoms with van der Waals surface area (Å²) >= 11 is 0. The first-order chi connectivity index (χ1) is 20.5. The van der Waals surface area contributed by atoms with Crippen molar-refractivity contribution < 1.29 is 14.3 Å². The van der Waals surface area contributed by atoms with Gasteiger partial charge in [0.25, 0.3) is 5.91 Å². The number of benzene rings is 3. The van der Waals surface area contributed by atoms with Crippen LogP contribution in [0, 0.1) is 13.8 Å². The maximum atomic E-state index is 13.1. The molecule has 42 heavy (non-hydrogen) atoms. The minimum Gasteiger partial charge on any atom is -0.445 e. The number of imidazole rings is 1. The smallest absolute Gasteiger partial charge is 0.408 e. The summed E-state index contributed by atoms with van der Waals surface area (Å²) in [7, 11) is 0. The molecule has 9 heteroatoms. The average molecular weight is 561 g/mol. The number of hydrazone groups is 1. The van der Waals surface area contributed by atoms with Crippen molar-refractivity contribution in [1.29, 1.82) is 0 Å². The molecule has 2 aromatic heterocycles. The van der Waals surface area contributed by atoms with Gasteiger partial charge in [0.05, 0.1) is 12.5 Å². The second-order valence-corrected chi connectivity index (χ2v) is 9.85. The van der Waals surface area contributed by atoms with Gasteiger partial charge in [-0.15, -0.1) is 0 Å². The molecular formula is C33H32N6O3. The minimum atomic E-state index is -0.929. The van der Waals surface area contributed by atoms with Crippen molar-refractivity contribution >= 4 is 18.2 Å². The van der Waals surface area contributed by atoms with Crippen LogP contribution in [0.3, 0.4) is 0 Å². The Morgan fingerprint density at radius 2 is 1.67 bits per heavy atom. The summed E-state index contributed by atoms with van der Waals surface area (Å²) in [5.74, 6) is -0.484. The molecule has 0 bridgehead atoms. The number of carbonyl (C=O) groups excluding carboxylic acids is 2. The van der Waals surface area contributed by atoms with Gasteiger partial charge in [0, 0.05) is 41.0 Å². The Kier molecular flexibility index (Phi) is 8.88. The fraction of sp³-hybridized carbons (Fsp3) is 0.152. The lowest BCUT2D eigenvalue weighted by molar-refractivity contribution is -0.123. The second kappa shape index (κ2) is 13.3. The maximum Gasteiger partial charge on any atom is 0.408 e. The fourth-order valence-corrected chi connectivity index (χ4v) is 4.73. The van der Waals surface area contributed by atoms with E-state index < -0.39 is 18.0 Å². The average Bonchev–Trinajstić information content (AvgIpc) is 3.63. The number of aryl methyl sites for hydroxylation is 1. The topological polar surface area (TPSA) is 113 Å². The standard InChI is InChI=1S/C33H32N6O3/c1-23-17-28(24(2)39(23)30-15-13-27(14-16-30)26-11-7-4-8-12-26)19-36-38-32(40)31(18-29-20-34-22-35-29)37-33(41)42-21-25-9-5-3-6-10-25/h3-17,19-20,22,31H,18,21H2,1-2H3,(H,34,35)(H,37,41)(H,38,40)/b36-19-/t31-/m1/s1. The number of hydrogen-bond donors (Lipinski definition) is 3. The van der Waals surface area contributed by atoms with E-state index in [0.717, 1.165) is 33.8 Å². The molecule has 212 valence electrons. The molecule has 0 aliphatic carbocycles. The van der Waals surface area contributed by atoms with Gasteiger partial charge in [-0.2, -0.15) is 5.10 Å². The van der Waals surface area contributed by atoms with Gasteiger partial charge >= 0.3 is 6.09 Å². The van der Waals surface area contributed by atoms with Crippen LogP contribution in [0.25, 0.3) is 16.8 Å². The molecule has 9 nitrogen and oxygen atoms in total. The molecule has 0 aliphatic rings. The van der Waals surface area contributed by atoms with Gasteiger partial charge in [0.2, 0.25) is 0 Å². The third-order valence-electron chi connectivity index (χ3n) is 6.88. The molecule has 1 atom stereocenters. The van der Waals surface area contributed by atoms with Crippen LogP contribution in [0.5, 0.6) is 0 Å². The van der Waals surface area contributed by atoms with E-state index in [0.29, 0.717) is 5.69 Å². The Bertz CT molecular complexity index is 1640. The van der Waals surface area contributed by atoms with E-state index in [1.807, 2.05) is 68.4 Å². The van der Waals surface area contributed by atoms with Crippen molar-refractivity contribution in [3.63, 3.8) is 0 Å². The lowest BCUT2D eigenvalue weighted by Gasteiger charge is -2.16. The van der Waals surface area contributed by atoms with Gasteiger partial charge in [-0.05, 0) is 48.7 Å². The quantitative estimate of drug-likeness (QED) is 0.155. The van der Waals surface area contributed by atoms with Crippen LogP contribution >= 0.6 is 0 Å². The van der Waals surface area contributed by atoms with Crippen LogP contribution in [0.1, 0.15) is 28.2 Å². The molecule has 0 radical (unpaired) electrons. The molecule has 0 saturated carbocycles. The zero-order valence-electron chi connectivity index (χ0n) is 23.5. The molecule has 3 aromatic carbocycles. The number of hydrogen-bond acceptors (Lipinski definition) is 5. The molecule has 0 saturated heterocycles. The van der Waals surface area contributed by atoms with Crippen LogP contribution in [-0.2, 0) is 22.6 Å². The largest absolute Gasteiger partial charge is 0.445 e. The van der Waals surface area contributed by atoms with Gasteiger partial charge in [-0.3, -0.25) is 4.79 Å². The summed E-state index contributed by atoms with van der Waals surface area (Å²) in [6, 6.07) is 29.0. The molecule has 2 amide bonds. The number of H-pyrrole nitrogens is 1. The second-order valence-electron chi connectivity index (χ2n) is 9.85. The van der Waals surface area contributed by atoms with Crippen LogP contribution in [0.4, 0.5) is 4.79 Å². The van der Waals surface area contributed by atoms with Gasteiger partial charge in [-0.25, -0.2) is 15.2 Å². The van der Waals surface area contributed by atoms with Crippen molar-refractivity contribution in [3.05, 3.63) is 132 Å². The minimum absolute atomic E-state index is 0.0911. The van der Waals surface area contributed by atoms with Crippen molar-refractivity contribution in [1.82, 2.24) is 25.3 Å². The van der Waals surface area contributed by atoms with Crippen LogP contribution < -0.4 is 10.7 Å². The number of nitrogens with one attached hydrogen (secondary N) is 3. The summed E-state index contributed by atoms with van der Waals surface area (Å²) in [5.41, 5.74) is 10.3. The number of rotatable bonds is 10. The Morgan fingerprint density at radius 3 is 2.36 bits per heavy atom. The molecular weight excluding hydrogens is 528 g/mol. The van der Waals surface area contributed by atoms with E-state index in [1.54, 1.807) is 12.4 Å². The highest BCUT2D eigenvalue weighted by atomic mass is 16.5. The Morgan fingerprint density at radius 1 is 0.976 bits per heavy atom. The predicted molar refractivity (Wildman–Crippen MR) is 162 cm³/mol. The van der Waals surface area contributed by atoms with E-state index >= 15 is 0 Å². The van der Waals surface area contributed by atoms with E-state index in [2.05, 4.69) is 66.8 Å². The summed E-state index contributed by atoms with van der Waals surface area (Å²) in [4.78, 5) is 32.5. The number of aromatic nitrogens is 3. The SMILES string of the molecule is Cc1cc(/C=N\NC(=O)[C@@H](Cc2cnc[nH]2)NC(=O)OCc2ccccc2)c(C)n1-c1ccc(-c2ccccc2)cc1. The monoisotopic (exact) mass is 560 g/mol. The third-order valence-corrected chi connectivity index (χ3v) is 6.88. The van der Waals surface area contributed by atoms with Gasteiger partial charge in [-0.1, -0.05) is 72.8 Å². The van der Waals surface area contributed by atoms with Gasteiger partial charge < -0.3 is 19.6 Å². The molecule has 5 rings (SSSR count). The predicted octanol–water partition coefficient (Wildman–Crippen LogP) is 5.47. The lowest BCUT2D eigenvalue weighted by Crippen LogP contribution is -2.47. The Balaban J connectivity index is 1.24. The summed E-state index contributed by atoms with van der Waals surface area (Å²) in [6.07, 6.45) is 4.21. The number of carbonyl (C=O) groups is 2. The Labute approximate surface area is 244 Å². The normalized spacial score (nSPS) is 11.8. The van der Waals surface area contributed by atoms with Gasteiger partial charge in [0.1, 0.15) is 12.6 Å². The molecule has 0 spiro atoms. The first kappa shape index (κ1) is 28.1. The van der Waals surface area contributed by atoms with E-state index in [9.17, 15) is 9.59 Å². The molecule has 3 N–H and O–H groups in total. The molecule has 0 fully saturated rings. The third kappa shape index (κ3) is 7.00. The molecule has 2 heterocycles. The van der Waals surface area contributed by atoms with Crippen LogP contribution in [0.2, 0.25) is 0 Å². The number of nitrogens with zero attached hydrogens (tertiary/aromatic N) is 3. The maximum absolute atomic E-state index is 13.1. The van der Waals surface area contributed by atoms with Crippen LogP contribution in [0.15, 0.2) is 109 Å². The molecule has 0 unspecified atom stereocenters.